The molecule has 1 aromatic rings. The number of hydrogen-bond donors (Lipinski definition) is 4. The zero-order chi connectivity index (χ0) is 15.8. The number of hydrogen-bond acceptors (Lipinski definition) is 5. The van der Waals surface area contributed by atoms with Crippen molar-refractivity contribution in [2.45, 2.75) is 19.5 Å². The van der Waals surface area contributed by atoms with E-state index in [0.717, 1.165) is 28.0 Å². The molecule has 114 valence electrons. The van der Waals surface area contributed by atoms with E-state index in [0.29, 0.717) is 6.42 Å². The lowest BCUT2D eigenvalue weighted by Gasteiger charge is -2.11. The molecule has 1 aromatic carbocycles. The van der Waals surface area contributed by atoms with E-state index in [4.69, 9.17) is 17.2 Å². The lowest BCUT2D eigenvalue weighted by molar-refractivity contribution is 0.593. The SMILES string of the molecule is CN=CC(=CN)c1ccc(/C(N)=C/CC(N)NC)c(C)c1. The number of rotatable bonds is 6. The Hall–Kier alpha value is -2.11. The van der Waals surface area contributed by atoms with Crippen LogP contribution in [0.3, 0.4) is 0 Å². The number of nitrogens with one attached hydrogen (secondary N) is 1. The van der Waals surface area contributed by atoms with Crippen LogP contribution in [0.25, 0.3) is 11.3 Å². The number of allylic oxidation sites excluding steroid dienone is 1. The summed E-state index contributed by atoms with van der Waals surface area (Å²) in [4.78, 5) is 4.00. The highest BCUT2D eigenvalue weighted by molar-refractivity contribution is 6.09. The topological polar surface area (TPSA) is 102 Å². The number of aryl methyl sites for hydroxylation is 1. The Kier molecular flexibility index (Phi) is 6.65. The molecule has 0 fully saturated rings. The lowest BCUT2D eigenvalue weighted by Crippen LogP contribution is -2.33. The molecule has 0 radical (unpaired) electrons. The smallest absolute Gasteiger partial charge is 0.0580 e. The maximum atomic E-state index is 6.13. The summed E-state index contributed by atoms with van der Waals surface area (Å²) in [6.45, 7) is 2.02. The molecule has 0 aliphatic rings. The Labute approximate surface area is 126 Å². The molecule has 21 heavy (non-hydrogen) atoms. The predicted molar refractivity (Wildman–Crippen MR) is 91.6 cm³/mol. The van der Waals surface area contributed by atoms with Gasteiger partial charge in [-0.2, -0.15) is 0 Å². The van der Waals surface area contributed by atoms with Crippen LogP contribution >= 0.6 is 0 Å². The molecular formula is C16H25N5. The monoisotopic (exact) mass is 287 g/mol. The van der Waals surface area contributed by atoms with Crippen molar-refractivity contribution in [3.8, 4) is 0 Å². The molecule has 0 aliphatic heterocycles. The summed E-state index contributed by atoms with van der Waals surface area (Å²) in [5.74, 6) is 0. The zero-order valence-electron chi connectivity index (χ0n) is 12.9. The molecule has 0 bridgehead atoms. The van der Waals surface area contributed by atoms with E-state index in [1.807, 2.05) is 32.2 Å². The summed E-state index contributed by atoms with van der Waals surface area (Å²) >= 11 is 0. The van der Waals surface area contributed by atoms with E-state index < -0.39 is 0 Å². The maximum Gasteiger partial charge on any atom is 0.0580 e. The highest BCUT2D eigenvalue weighted by Gasteiger charge is 2.06. The van der Waals surface area contributed by atoms with Crippen LogP contribution in [0.4, 0.5) is 0 Å². The van der Waals surface area contributed by atoms with Crippen molar-refractivity contribution in [3.05, 3.63) is 47.2 Å². The fraction of sp³-hybridized carbons (Fsp3) is 0.312. The van der Waals surface area contributed by atoms with E-state index in [-0.39, 0.29) is 6.17 Å². The third-order valence-electron chi connectivity index (χ3n) is 3.28. The normalized spacial score (nSPS) is 14.7. The van der Waals surface area contributed by atoms with Crippen molar-refractivity contribution < 1.29 is 0 Å². The minimum atomic E-state index is -0.0873. The van der Waals surface area contributed by atoms with E-state index in [1.165, 1.54) is 0 Å². The first-order valence-corrected chi connectivity index (χ1v) is 6.87. The van der Waals surface area contributed by atoms with Gasteiger partial charge in [-0.25, -0.2) is 0 Å². The second-order valence-electron chi connectivity index (χ2n) is 4.83. The molecular weight excluding hydrogens is 262 g/mol. The van der Waals surface area contributed by atoms with Crippen molar-refractivity contribution >= 4 is 17.5 Å². The molecule has 5 nitrogen and oxygen atoms in total. The van der Waals surface area contributed by atoms with E-state index in [9.17, 15) is 0 Å². The molecule has 0 aliphatic carbocycles. The summed E-state index contributed by atoms with van der Waals surface area (Å²) in [7, 11) is 3.54. The van der Waals surface area contributed by atoms with Gasteiger partial charge in [0.15, 0.2) is 0 Å². The second kappa shape index (κ2) is 8.24. The summed E-state index contributed by atoms with van der Waals surface area (Å²) in [6, 6.07) is 6.03. The van der Waals surface area contributed by atoms with Crippen LogP contribution in [0, 0.1) is 6.92 Å². The van der Waals surface area contributed by atoms with Gasteiger partial charge in [0.25, 0.3) is 0 Å². The van der Waals surface area contributed by atoms with Gasteiger partial charge in [0.05, 0.1) is 6.17 Å². The first kappa shape index (κ1) is 16.9. The highest BCUT2D eigenvalue weighted by atomic mass is 15.0. The van der Waals surface area contributed by atoms with Crippen LogP contribution in [-0.4, -0.2) is 26.5 Å². The summed E-state index contributed by atoms with van der Waals surface area (Å²) in [5.41, 5.74) is 22.3. The largest absolute Gasteiger partial charge is 0.404 e. The first-order valence-electron chi connectivity index (χ1n) is 6.87. The Morgan fingerprint density at radius 3 is 2.67 bits per heavy atom. The van der Waals surface area contributed by atoms with E-state index in [1.54, 1.807) is 19.5 Å². The van der Waals surface area contributed by atoms with Gasteiger partial charge in [0.1, 0.15) is 0 Å². The van der Waals surface area contributed by atoms with E-state index in [2.05, 4.69) is 16.4 Å². The molecule has 0 saturated carbocycles. The molecule has 1 unspecified atom stereocenters. The van der Waals surface area contributed by atoms with Gasteiger partial charge in [0.2, 0.25) is 0 Å². The number of benzene rings is 1. The Morgan fingerprint density at radius 1 is 1.43 bits per heavy atom. The van der Waals surface area contributed by atoms with Crippen molar-refractivity contribution in [1.29, 1.82) is 0 Å². The van der Waals surface area contributed by atoms with Crippen molar-refractivity contribution in [2.75, 3.05) is 14.1 Å². The van der Waals surface area contributed by atoms with Crippen LogP contribution in [0.15, 0.2) is 35.5 Å². The van der Waals surface area contributed by atoms with Gasteiger partial charge in [-0.1, -0.05) is 24.3 Å². The second-order valence-corrected chi connectivity index (χ2v) is 4.83. The summed E-state index contributed by atoms with van der Waals surface area (Å²) < 4.78 is 0. The van der Waals surface area contributed by atoms with Gasteiger partial charge in [-0.3, -0.25) is 4.99 Å². The van der Waals surface area contributed by atoms with Crippen LogP contribution < -0.4 is 22.5 Å². The van der Waals surface area contributed by atoms with Crippen LogP contribution in [0.2, 0.25) is 0 Å². The van der Waals surface area contributed by atoms with Crippen molar-refractivity contribution in [3.63, 3.8) is 0 Å². The molecule has 0 aromatic heterocycles. The number of nitrogens with zero attached hydrogens (tertiary/aromatic N) is 1. The average molecular weight is 287 g/mol. The minimum Gasteiger partial charge on any atom is -0.404 e. The van der Waals surface area contributed by atoms with Gasteiger partial charge in [-0.15, -0.1) is 0 Å². The Morgan fingerprint density at radius 2 is 2.14 bits per heavy atom. The van der Waals surface area contributed by atoms with Crippen molar-refractivity contribution in [2.24, 2.45) is 22.2 Å². The third kappa shape index (κ3) is 4.73. The average Bonchev–Trinajstić information content (AvgIpc) is 2.49. The lowest BCUT2D eigenvalue weighted by atomic mass is 9.98. The fourth-order valence-electron chi connectivity index (χ4n) is 2.00. The standard InChI is InChI=1S/C16H25N5/c1-11-8-12(13(9-17)10-20-2)4-5-14(11)15(18)6-7-16(19)21-3/h4-6,8-10,16,21H,7,17-19H2,1-3H3/b13-9?,15-6-,20-10?. The van der Waals surface area contributed by atoms with E-state index >= 15 is 0 Å². The maximum absolute atomic E-state index is 6.13. The van der Waals surface area contributed by atoms with Crippen LogP contribution in [0.1, 0.15) is 23.1 Å². The van der Waals surface area contributed by atoms with Crippen LogP contribution in [-0.2, 0) is 0 Å². The quantitative estimate of drug-likeness (QED) is 0.466. The molecule has 0 amide bonds. The van der Waals surface area contributed by atoms with Gasteiger partial charge in [-0.05, 0) is 31.5 Å². The number of nitrogens with two attached hydrogens (primary N) is 3. The molecule has 7 N–H and O–H groups in total. The molecule has 5 heteroatoms. The molecule has 0 spiro atoms. The molecule has 1 rings (SSSR count). The van der Waals surface area contributed by atoms with Gasteiger partial charge >= 0.3 is 0 Å². The van der Waals surface area contributed by atoms with Crippen molar-refractivity contribution in [1.82, 2.24) is 5.32 Å². The Balaban J connectivity index is 3.03. The molecule has 0 saturated heterocycles. The van der Waals surface area contributed by atoms with Gasteiger partial charge < -0.3 is 22.5 Å². The molecule has 1 atom stereocenters. The summed E-state index contributed by atoms with van der Waals surface area (Å²) in [5, 5.41) is 2.97. The summed E-state index contributed by atoms with van der Waals surface area (Å²) in [6.07, 6.45) is 5.82. The zero-order valence-corrected chi connectivity index (χ0v) is 12.9. The molecule has 0 heterocycles. The Bertz CT molecular complexity index is 558. The minimum absolute atomic E-state index is 0.0873. The van der Waals surface area contributed by atoms with Gasteiger partial charge in [0, 0.05) is 36.3 Å². The highest BCUT2D eigenvalue weighted by Crippen LogP contribution is 2.20. The fourth-order valence-corrected chi connectivity index (χ4v) is 2.00. The predicted octanol–water partition coefficient (Wildman–Crippen LogP) is 1.19. The third-order valence-corrected chi connectivity index (χ3v) is 3.28. The first-order chi connectivity index (χ1) is 10.0. The number of aliphatic imine (C=N–C) groups is 1. The van der Waals surface area contributed by atoms with Crippen LogP contribution in [0.5, 0.6) is 0 Å².